The highest BCUT2D eigenvalue weighted by Crippen LogP contribution is 2.46. The Labute approximate surface area is 164 Å². The molecule has 7 heteroatoms. The molecule has 1 atom stereocenters. The summed E-state index contributed by atoms with van der Waals surface area (Å²) in [5.41, 5.74) is -0.216. The molecule has 27 heavy (non-hydrogen) atoms. The number of carbonyl (C=O) groups is 1. The van der Waals surface area contributed by atoms with Crippen LogP contribution in [0.5, 0.6) is 0 Å². The zero-order valence-corrected chi connectivity index (χ0v) is 17.0. The molecule has 1 amide bonds. The molecule has 0 spiro atoms. The van der Waals surface area contributed by atoms with E-state index < -0.39 is 17.1 Å². The number of rotatable bonds is 4. The van der Waals surface area contributed by atoms with E-state index in [1.165, 1.54) is 13.8 Å². The first-order valence-corrected chi connectivity index (χ1v) is 9.72. The summed E-state index contributed by atoms with van der Waals surface area (Å²) < 4.78 is 0. The highest BCUT2D eigenvalue weighted by molar-refractivity contribution is 6.31. The third kappa shape index (κ3) is 3.84. The number of aromatic nitrogens is 2. The number of hydrogen-bond acceptors (Lipinski definition) is 4. The van der Waals surface area contributed by atoms with Crippen LogP contribution in [-0.4, -0.2) is 49.9 Å². The summed E-state index contributed by atoms with van der Waals surface area (Å²) in [6.07, 6.45) is 2.53. The number of fused-ring (bicyclic) bond motifs is 1. The summed E-state index contributed by atoms with van der Waals surface area (Å²) in [5.74, 6) is -0.0105. The van der Waals surface area contributed by atoms with Crippen molar-refractivity contribution in [3.63, 3.8) is 0 Å². The maximum atomic E-state index is 12.3. The number of H-pyrrole nitrogens is 1. The number of carbonyl (C=O) groups excluding carboxylic acids is 1. The van der Waals surface area contributed by atoms with Gasteiger partial charge in [0.05, 0.1) is 17.8 Å². The molecular formula is C20H28ClN3O3. The van der Waals surface area contributed by atoms with Crippen molar-refractivity contribution in [3.8, 4) is 0 Å². The van der Waals surface area contributed by atoms with Gasteiger partial charge in [-0.1, -0.05) is 25.4 Å². The van der Waals surface area contributed by atoms with Gasteiger partial charge in [0.1, 0.15) is 5.60 Å². The van der Waals surface area contributed by atoms with Gasteiger partial charge in [-0.05, 0) is 50.2 Å². The van der Waals surface area contributed by atoms with Crippen molar-refractivity contribution >= 4 is 28.4 Å². The SMILES string of the molecule is CC(C)(O)C(=O)N1CCC(C(C)(C)[C@H](O)c2cc(Cl)cc3cn[nH]c23)CC1. The fourth-order valence-corrected chi connectivity index (χ4v) is 4.34. The van der Waals surface area contributed by atoms with Gasteiger partial charge in [0, 0.05) is 29.1 Å². The molecule has 1 saturated heterocycles. The van der Waals surface area contributed by atoms with Gasteiger partial charge in [-0.3, -0.25) is 9.89 Å². The zero-order valence-electron chi connectivity index (χ0n) is 16.3. The largest absolute Gasteiger partial charge is 0.388 e. The average molecular weight is 394 g/mol. The first-order valence-electron chi connectivity index (χ1n) is 9.34. The lowest BCUT2D eigenvalue weighted by Crippen LogP contribution is -2.50. The maximum absolute atomic E-state index is 12.3. The quantitative estimate of drug-likeness (QED) is 0.743. The Morgan fingerprint density at radius 3 is 2.52 bits per heavy atom. The predicted molar refractivity (Wildman–Crippen MR) is 105 cm³/mol. The van der Waals surface area contributed by atoms with Crippen LogP contribution < -0.4 is 0 Å². The van der Waals surface area contributed by atoms with Crippen molar-refractivity contribution < 1.29 is 15.0 Å². The van der Waals surface area contributed by atoms with Gasteiger partial charge in [0.25, 0.3) is 5.91 Å². The Morgan fingerprint density at radius 1 is 1.30 bits per heavy atom. The third-order valence-electron chi connectivity index (χ3n) is 5.90. The molecule has 2 aromatic rings. The number of amides is 1. The molecule has 1 aliphatic heterocycles. The summed E-state index contributed by atoms with van der Waals surface area (Å²) in [6, 6.07) is 3.62. The second kappa shape index (κ2) is 7.08. The number of nitrogens with zero attached hydrogens (tertiary/aromatic N) is 2. The van der Waals surface area contributed by atoms with E-state index in [1.807, 2.05) is 6.07 Å². The van der Waals surface area contributed by atoms with Crippen LogP contribution in [-0.2, 0) is 4.79 Å². The van der Waals surface area contributed by atoms with E-state index >= 15 is 0 Å². The molecule has 2 heterocycles. The number of likely N-dealkylation sites (tertiary alicyclic amines) is 1. The first kappa shape index (κ1) is 20.1. The lowest BCUT2D eigenvalue weighted by Gasteiger charge is -2.44. The van der Waals surface area contributed by atoms with Gasteiger partial charge in [-0.15, -0.1) is 0 Å². The van der Waals surface area contributed by atoms with Crippen LogP contribution in [0.4, 0.5) is 0 Å². The molecule has 6 nitrogen and oxygen atoms in total. The Balaban J connectivity index is 1.78. The van der Waals surface area contributed by atoms with E-state index in [-0.39, 0.29) is 11.8 Å². The molecule has 1 aromatic heterocycles. The van der Waals surface area contributed by atoms with E-state index in [0.717, 1.165) is 29.3 Å². The Hall–Kier alpha value is -1.63. The van der Waals surface area contributed by atoms with Crippen LogP contribution in [0.3, 0.4) is 0 Å². The highest BCUT2D eigenvalue weighted by atomic mass is 35.5. The molecule has 0 unspecified atom stereocenters. The minimum Gasteiger partial charge on any atom is -0.388 e. The number of nitrogens with one attached hydrogen (secondary N) is 1. The van der Waals surface area contributed by atoms with Crippen LogP contribution in [0.2, 0.25) is 5.02 Å². The number of aliphatic hydroxyl groups excluding tert-OH is 1. The molecule has 1 aliphatic rings. The minimum absolute atomic E-state index is 0.232. The van der Waals surface area contributed by atoms with Gasteiger partial charge < -0.3 is 15.1 Å². The Morgan fingerprint density at radius 2 is 1.93 bits per heavy atom. The van der Waals surface area contributed by atoms with Crippen molar-refractivity contribution in [2.24, 2.45) is 11.3 Å². The van der Waals surface area contributed by atoms with Crippen molar-refractivity contribution in [1.29, 1.82) is 0 Å². The van der Waals surface area contributed by atoms with Crippen molar-refractivity contribution in [1.82, 2.24) is 15.1 Å². The molecular weight excluding hydrogens is 366 g/mol. The van der Waals surface area contributed by atoms with E-state index in [2.05, 4.69) is 24.0 Å². The monoisotopic (exact) mass is 393 g/mol. The number of aromatic amines is 1. The van der Waals surface area contributed by atoms with E-state index in [9.17, 15) is 15.0 Å². The molecule has 0 bridgehead atoms. The van der Waals surface area contributed by atoms with Crippen LogP contribution in [0.15, 0.2) is 18.3 Å². The minimum atomic E-state index is -1.35. The molecule has 0 radical (unpaired) electrons. The van der Waals surface area contributed by atoms with Gasteiger partial charge in [-0.25, -0.2) is 0 Å². The molecule has 1 fully saturated rings. The highest BCUT2D eigenvalue weighted by Gasteiger charge is 2.41. The van der Waals surface area contributed by atoms with Crippen LogP contribution >= 0.6 is 11.6 Å². The molecule has 148 valence electrons. The predicted octanol–water partition coefficient (Wildman–Crippen LogP) is 3.29. The first-order chi connectivity index (χ1) is 12.5. The Bertz CT molecular complexity index is 833. The van der Waals surface area contributed by atoms with Crippen LogP contribution in [0.1, 0.15) is 52.2 Å². The fraction of sp³-hybridized carbons (Fsp3) is 0.600. The standard InChI is InChI=1S/C20H28ClN3O3/c1-19(2,13-5-7-24(8-6-13)18(26)20(3,4)27)17(25)15-10-14(21)9-12-11-22-23-16(12)15/h9-11,13,17,25,27H,5-8H2,1-4H3,(H,22,23)/t17-/m1/s1. The van der Waals surface area contributed by atoms with Gasteiger partial charge >= 0.3 is 0 Å². The van der Waals surface area contributed by atoms with Crippen LogP contribution in [0.25, 0.3) is 10.9 Å². The molecule has 0 aliphatic carbocycles. The number of halogens is 1. The topological polar surface area (TPSA) is 89.4 Å². The molecule has 0 saturated carbocycles. The molecule has 3 N–H and O–H groups in total. The lowest BCUT2D eigenvalue weighted by atomic mass is 9.68. The van der Waals surface area contributed by atoms with Gasteiger partial charge in [-0.2, -0.15) is 5.10 Å². The smallest absolute Gasteiger partial charge is 0.253 e. The summed E-state index contributed by atoms with van der Waals surface area (Å²) in [6.45, 7) is 8.31. The van der Waals surface area contributed by atoms with Crippen molar-refractivity contribution in [2.45, 2.75) is 52.2 Å². The number of piperidine rings is 1. The van der Waals surface area contributed by atoms with Crippen LogP contribution in [0, 0.1) is 11.3 Å². The maximum Gasteiger partial charge on any atom is 0.253 e. The summed E-state index contributed by atoms with van der Waals surface area (Å²) in [5, 5.41) is 29.6. The fourth-order valence-electron chi connectivity index (χ4n) is 4.10. The normalized spacial score (nSPS) is 18.1. The zero-order chi connectivity index (χ0) is 20.0. The number of aliphatic hydroxyl groups is 2. The van der Waals surface area contributed by atoms with E-state index in [1.54, 1.807) is 17.2 Å². The summed E-state index contributed by atoms with van der Waals surface area (Å²) in [4.78, 5) is 14.0. The molecule has 3 rings (SSSR count). The van der Waals surface area contributed by atoms with Gasteiger partial charge in [0.15, 0.2) is 0 Å². The third-order valence-corrected chi connectivity index (χ3v) is 6.12. The summed E-state index contributed by atoms with van der Waals surface area (Å²) in [7, 11) is 0. The number of benzene rings is 1. The van der Waals surface area contributed by atoms with Crippen molar-refractivity contribution in [3.05, 3.63) is 28.9 Å². The lowest BCUT2D eigenvalue weighted by molar-refractivity contribution is -0.150. The second-order valence-electron chi connectivity index (χ2n) is 8.68. The summed E-state index contributed by atoms with van der Waals surface area (Å²) >= 11 is 6.24. The van der Waals surface area contributed by atoms with E-state index in [0.29, 0.717) is 18.1 Å². The number of hydrogen-bond donors (Lipinski definition) is 3. The molecule has 1 aromatic carbocycles. The second-order valence-corrected chi connectivity index (χ2v) is 9.12. The van der Waals surface area contributed by atoms with Crippen molar-refractivity contribution in [2.75, 3.05) is 13.1 Å². The average Bonchev–Trinajstić information content (AvgIpc) is 3.07. The Kier molecular flexibility index (Phi) is 5.27. The van der Waals surface area contributed by atoms with Gasteiger partial charge in [0.2, 0.25) is 0 Å². The van der Waals surface area contributed by atoms with E-state index in [4.69, 9.17) is 11.6 Å².